The van der Waals surface area contributed by atoms with Crippen LogP contribution in [-0.4, -0.2) is 22.6 Å². The Bertz CT molecular complexity index is 1290. The van der Waals surface area contributed by atoms with E-state index in [1.165, 1.54) is 11.3 Å². The zero-order chi connectivity index (χ0) is 23.3. The van der Waals surface area contributed by atoms with E-state index in [2.05, 4.69) is 4.98 Å². The lowest BCUT2D eigenvalue weighted by Gasteiger charge is -2.23. The monoisotopic (exact) mass is 472 g/mol. The first-order valence-corrected chi connectivity index (χ1v) is 11.9. The minimum atomic E-state index is 0.00448. The number of rotatable bonds is 8. The molecule has 34 heavy (non-hydrogen) atoms. The summed E-state index contributed by atoms with van der Waals surface area (Å²) in [5, 5.41) is 1.95. The summed E-state index contributed by atoms with van der Waals surface area (Å²) in [6.45, 7) is 3.51. The van der Waals surface area contributed by atoms with Gasteiger partial charge in [-0.3, -0.25) is 9.78 Å². The molecule has 0 spiro atoms. The van der Waals surface area contributed by atoms with Gasteiger partial charge in [-0.15, -0.1) is 11.3 Å². The van der Waals surface area contributed by atoms with Gasteiger partial charge in [0.25, 0.3) is 5.91 Å². The van der Waals surface area contributed by atoms with E-state index in [9.17, 15) is 4.79 Å². The number of fused-ring (bicyclic) bond motifs is 1. The van der Waals surface area contributed by atoms with Crippen molar-refractivity contribution in [2.24, 2.45) is 0 Å². The molecule has 0 saturated carbocycles. The van der Waals surface area contributed by atoms with Gasteiger partial charge in [-0.05, 0) is 71.5 Å². The Kier molecular flexibility index (Phi) is 6.44. The Morgan fingerprint density at radius 1 is 1.00 bits per heavy atom. The van der Waals surface area contributed by atoms with Crippen molar-refractivity contribution in [2.75, 3.05) is 6.79 Å². The molecule has 172 valence electrons. The van der Waals surface area contributed by atoms with E-state index < -0.39 is 0 Å². The third-order valence-electron chi connectivity index (χ3n) is 5.54. The number of aryl methyl sites for hydroxylation is 1. The van der Waals surface area contributed by atoms with Gasteiger partial charge in [0.15, 0.2) is 11.5 Å². The van der Waals surface area contributed by atoms with Crippen LogP contribution in [0.5, 0.6) is 17.2 Å². The van der Waals surface area contributed by atoms with Gasteiger partial charge in [-0.2, -0.15) is 0 Å². The van der Waals surface area contributed by atoms with Crippen molar-refractivity contribution in [3.63, 3.8) is 0 Å². The number of aromatic nitrogens is 1. The number of benzene rings is 2. The molecule has 0 fully saturated rings. The normalized spacial score (nSPS) is 11.9. The van der Waals surface area contributed by atoms with Gasteiger partial charge in [0.1, 0.15) is 12.4 Å². The minimum absolute atomic E-state index is 0.00448. The van der Waals surface area contributed by atoms with Gasteiger partial charge in [0, 0.05) is 12.7 Å². The van der Waals surface area contributed by atoms with Crippen LogP contribution in [-0.2, 0) is 19.7 Å². The van der Waals surface area contributed by atoms with Crippen molar-refractivity contribution in [3.05, 3.63) is 106 Å². The van der Waals surface area contributed by atoms with Crippen LogP contribution >= 0.6 is 11.3 Å². The second-order valence-corrected chi connectivity index (χ2v) is 8.95. The summed E-state index contributed by atoms with van der Waals surface area (Å²) in [6.07, 6.45) is 1.75. The second kappa shape index (κ2) is 9.97. The van der Waals surface area contributed by atoms with E-state index in [1.807, 2.05) is 83.9 Å². The molecule has 1 aliphatic rings. The van der Waals surface area contributed by atoms with Gasteiger partial charge in [0.05, 0.1) is 17.1 Å². The van der Waals surface area contributed by atoms with Crippen LogP contribution in [0.2, 0.25) is 0 Å². The van der Waals surface area contributed by atoms with Crippen LogP contribution in [0, 0.1) is 6.92 Å². The van der Waals surface area contributed by atoms with Crippen LogP contribution in [0.4, 0.5) is 0 Å². The number of carbonyl (C=O) groups excluding carboxylic acids is 1. The van der Waals surface area contributed by atoms with Crippen molar-refractivity contribution in [1.29, 1.82) is 0 Å². The molecule has 0 atom stereocenters. The zero-order valence-electron chi connectivity index (χ0n) is 18.8. The van der Waals surface area contributed by atoms with E-state index in [4.69, 9.17) is 14.2 Å². The molecule has 0 saturated heterocycles. The number of nitrogens with zero attached hydrogens (tertiary/aromatic N) is 2. The first kappa shape index (κ1) is 22.0. The molecule has 0 radical (unpaired) electrons. The number of hydrogen-bond donors (Lipinski definition) is 0. The molecule has 0 unspecified atom stereocenters. The third kappa shape index (κ3) is 5.05. The maximum absolute atomic E-state index is 13.4. The van der Waals surface area contributed by atoms with Crippen LogP contribution in [0.15, 0.2) is 78.3 Å². The molecule has 1 amide bonds. The lowest BCUT2D eigenvalue weighted by Crippen LogP contribution is -2.30. The van der Waals surface area contributed by atoms with E-state index >= 15 is 0 Å². The Hall–Kier alpha value is -3.84. The number of hydrogen-bond acceptors (Lipinski definition) is 6. The van der Waals surface area contributed by atoms with Crippen molar-refractivity contribution < 1.29 is 19.0 Å². The topological polar surface area (TPSA) is 60.9 Å². The predicted octanol–water partition coefficient (Wildman–Crippen LogP) is 5.60. The molecule has 0 aliphatic carbocycles. The highest BCUT2D eigenvalue weighted by Crippen LogP contribution is 2.33. The van der Waals surface area contributed by atoms with Gasteiger partial charge < -0.3 is 19.1 Å². The fourth-order valence-electron chi connectivity index (χ4n) is 3.77. The lowest BCUT2D eigenvalue weighted by molar-refractivity contribution is 0.0732. The molecular formula is C27H24N2O4S. The van der Waals surface area contributed by atoms with E-state index in [0.29, 0.717) is 19.7 Å². The lowest BCUT2D eigenvalue weighted by atomic mass is 10.1. The average Bonchev–Trinajstić information content (AvgIpc) is 3.51. The van der Waals surface area contributed by atoms with E-state index in [-0.39, 0.29) is 12.7 Å². The van der Waals surface area contributed by atoms with Crippen molar-refractivity contribution in [3.8, 4) is 17.2 Å². The molecule has 5 rings (SSSR count). The quantitative estimate of drug-likeness (QED) is 0.334. The van der Waals surface area contributed by atoms with Crippen LogP contribution < -0.4 is 14.2 Å². The first-order chi connectivity index (χ1) is 16.7. The molecule has 2 aromatic carbocycles. The zero-order valence-corrected chi connectivity index (χ0v) is 19.6. The number of carbonyl (C=O) groups is 1. The highest BCUT2D eigenvalue weighted by Gasteiger charge is 2.20. The van der Waals surface area contributed by atoms with E-state index in [0.717, 1.165) is 44.5 Å². The second-order valence-electron chi connectivity index (χ2n) is 8.04. The molecule has 7 heteroatoms. The molecule has 0 bridgehead atoms. The number of thiophene rings is 1. The fourth-order valence-corrected chi connectivity index (χ4v) is 4.67. The molecule has 0 N–H and O–H groups in total. The van der Waals surface area contributed by atoms with E-state index in [1.54, 1.807) is 6.20 Å². The molecule has 1 aliphatic heterocycles. The average molecular weight is 473 g/mol. The third-order valence-corrected chi connectivity index (χ3v) is 6.54. The smallest absolute Gasteiger partial charge is 0.264 e. The van der Waals surface area contributed by atoms with Gasteiger partial charge >= 0.3 is 0 Å². The van der Waals surface area contributed by atoms with Crippen molar-refractivity contribution in [2.45, 2.75) is 26.6 Å². The summed E-state index contributed by atoms with van der Waals surface area (Å²) >= 11 is 1.47. The van der Waals surface area contributed by atoms with Crippen LogP contribution in [0.25, 0.3) is 0 Å². The standard InChI is InChI=1S/C27H24N2O4S/c1-19-10-12-34-26(19)27(30)29(16-22-6-2-3-11-28-22)15-20-5-4-7-23(13-20)31-17-21-8-9-24-25(14-21)33-18-32-24/h2-14H,15-18H2,1H3. The maximum atomic E-state index is 13.4. The largest absolute Gasteiger partial charge is 0.489 e. The van der Waals surface area contributed by atoms with Crippen LogP contribution in [0.3, 0.4) is 0 Å². The molecule has 6 nitrogen and oxygen atoms in total. The number of amides is 1. The molecular weight excluding hydrogens is 448 g/mol. The van der Waals surface area contributed by atoms with Gasteiger partial charge in [0.2, 0.25) is 6.79 Å². The minimum Gasteiger partial charge on any atom is -0.489 e. The predicted molar refractivity (Wildman–Crippen MR) is 130 cm³/mol. The fraction of sp³-hybridized carbons (Fsp3) is 0.185. The Balaban J connectivity index is 1.31. The summed E-state index contributed by atoms with van der Waals surface area (Å²) in [4.78, 5) is 20.4. The molecule has 4 aromatic rings. The summed E-state index contributed by atoms with van der Waals surface area (Å²) < 4.78 is 16.8. The number of pyridine rings is 1. The maximum Gasteiger partial charge on any atom is 0.264 e. The Morgan fingerprint density at radius 2 is 1.91 bits per heavy atom. The van der Waals surface area contributed by atoms with Crippen molar-refractivity contribution in [1.82, 2.24) is 9.88 Å². The Morgan fingerprint density at radius 3 is 2.74 bits per heavy atom. The van der Waals surface area contributed by atoms with Crippen LogP contribution in [0.1, 0.15) is 32.1 Å². The summed E-state index contributed by atoms with van der Waals surface area (Å²) in [7, 11) is 0. The SMILES string of the molecule is Cc1ccsc1C(=O)N(Cc1cccc(OCc2ccc3c(c2)OCO3)c1)Cc1ccccn1. The highest BCUT2D eigenvalue weighted by molar-refractivity contribution is 7.12. The summed E-state index contributed by atoms with van der Waals surface area (Å²) in [5.74, 6) is 2.24. The highest BCUT2D eigenvalue weighted by atomic mass is 32.1. The molecule has 3 heterocycles. The molecule has 2 aromatic heterocycles. The summed E-state index contributed by atoms with van der Waals surface area (Å²) in [6, 6.07) is 21.4. The van der Waals surface area contributed by atoms with Crippen molar-refractivity contribution >= 4 is 17.2 Å². The van der Waals surface area contributed by atoms with Gasteiger partial charge in [-0.1, -0.05) is 24.3 Å². The number of ether oxygens (including phenoxy) is 3. The van der Waals surface area contributed by atoms with Gasteiger partial charge in [-0.25, -0.2) is 0 Å². The Labute approximate surface area is 202 Å². The first-order valence-electron chi connectivity index (χ1n) is 11.0. The summed E-state index contributed by atoms with van der Waals surface area (Å²) in [5.41, 5.74) is 3.82.